The molecule has 0 aromatic heterocycles. The number of methoxy groups -OCH3 is 1. The van der Waals surface area contributed by atoms with Crippen LogP contribution in [0.15, 0.2) is 48.5 Å². The van der Waals surface area contributed by atoms with Gasteiger partial charge >= 0.3 is 6.61 Å². The van der Waals surface area contributed by atoms with Crippen LogP contribution in [-0.4, -0.2) is 39.8 Å². The number of alkyl halides is 2. The van der Waals surface area contributed by atoms with E-state index in [1.165, 1.54) is 13.2 Å². The molecule has 1 N–H and O–H groups in total. The smallest absolute Gasteiger partial charge is 0.387 e. The largest absolute Gasteiger partial charge is 0.493 e. The first-order valence-electron chi connectivity index (χ1n) is 8.60. The van der Waals surface area contributed by atoms with Gasteiger partial charge in [-0.2, -0.15) is 8.78 Å². The minimum Gasteiger partial charge on any atom is -0.493 e. The summed E-state index contributed by atoms with van der Waals surface area (Å²) in [6.45, 7) is -0.520. The van der Waals surface area contributed by atoms with Crippen LogP contribution in [0.5, 0.6) is 11.5 Å². The third-order valence-electron chi connectivity index (χ3n) is 4.51. The molecule has 0 spiro atoms. The molecule has 7 heteroatoms. The maximum atomic E-state index is 12.8. The molecule has 27 heavy (non-hydrogen) atoms. The molecule has 5 nitrogen and oxygen atoms in total. The van der Waals surface area contributed by atoms with E-state index in [1.807, 2.05) is 44.3 Å². The number of quaternary nitrogens is 1. The lowest BCUT2D eigenvalue weighted by molar-refractivity contribution is -0.908. The Bertz CT molecular complexity index is 756. The Kier molecular flexibility index (Phi) is 7.12. The van der Waals surface area contributed by atoms with Crippen molar-refractivity contribution in [3.8, 4) is 11.5 Å². The summed E-state index contributed by atoms with van der Waals surface area (Å²) >= 11 is 0. The second kappa shape index (κ2) is 9.32. The lowest BCUT2D eigenvalue weighted by Crippen LogP contribution is -3.12. The summed E-state index contributed by atoms with van der Waals surface area (Å²) in [4.78, 5) is 15.3. The topological polar surface area (TPSA) is 43.2 Å². The number of benzene rings is 2. The SMILES string of the molecule is COc1cc(C[NH+](C)[C@@H](C)C(=O)N(C)c2ccccc2)ccc1OC(F)F. The molecule has 1 unspecified atom stereocenters. The summed E-state index contributed by atoms with van der Waals surface area (Å²) in [6.07, 6.45) is 0. The van der Waals surface area contributed by atoms with Crippen LogP contribution >= 0.6 is 0 Å². The van der Waals surface area contributed by atoms with Crippen LogP contribution in [0, 0.1) is 0 Å². The van der Waals surface area contributed by atoms with Crippen LogP contribution in [0.2, 0.25) is 0 Å². The van der Waals surface area contributed by atoms with E-state index in [2.05, 4.69) is 4.74 Å². The monoisotopic (exact) mass is 379 g/mol. The van der Waals surface area contributed by atoms with Crippen molar-refractivity contribution in [1.82, 2.24) is 0 Å². The predicted molar refractivity (Wildman–Crippen MR) is 99.5 cm³/mol. The zero-order chi connectivity index (χ0) is 20.0. The number of hydrogen-bond acceptors (Lipinski definition) is 3. The molecule has 0 bridgehead atoms. The highest BCUT2D eigenvalue weighted by molar-refractivity contribution is 5.95. The van der Waals surface area contributed by atoms with E-state index in [1.54, 1.807) is 24.1 Å². The number of nitrogens with zero attached hydrogens (tertiary/aromatic N) is 1. The standard InChI is InChI=1S/C20H24F2N2O3/c1-14(19(25)24(3)16-8-6-5-7-9-16)23(2)13-15-10-11-17(27-20(21)22)18(12-15)26-4/h5-12,14,20H,13H2,1-4H3/p+1/t14-/m0/s1. The molecule has 146 valence electrons. The van der Waals surface area contributed by atoms with E-state index in [-0.39, 0.29) is 23.4 Å². The molecular weight excluding hydrogens is 354 g/mol. The molecule has 2 atom stereocenters. The van der Waals surface area contributed by atoms with Crippen molar-refractivity contribution in [2.45, 2.75) is 26.1 Å². The van der Waals surface area contributed by atoms with E-state index in [0.29, 0.717) is 6.54 Å². The molecule has 2 rings (SSSR count). The van der Waals surface area contributed by atoms with E-state index < -0.39 is 6.61 Å². The van der Waals surface area contributed by atoms with Gasteiger partial charge < -0.3 is 19.3 Å². The number of ether oxygens (including phenoxy) is 2. The quantitative estimate of drug-likeness (QED) is 0.766. The predicted octanol–water partition coefficient (Wildman–Crippen LogP) is 2.36. The van der Waals surface area contributed by atoms with Gasteiger partial charge in [0.1, 0.15) is 6.54 Å². The zero-order valence-corrected chi connectivity index (χ0v) is 15.9. The lowest BCUT2D eigenvalue weighted by Gasteiger charge is -2.26. The number of rotatable bonds is 8. The van der Waals surface area contributed by atoms with E-state index >= 15 is 0 Å². The van der Waals surface area contributed by atoms with Gasteiger partial charge in [0.05, 0.1) is 14.2 Å². The molecule has 0 radical (unpaired) electrons. The first-order chi connectivity index (χ1) is 12.8. The molecule has 0 aliphatic heterocycles. The van der Waals surface area contributed by atoms with Gasteiger partial charge in [-0.05, 0) is 37.3 Å². The summed E-state index contributed by atoms with van der Waals surface area (Å²) in [6, 6.07) is 13.9. The van der Waals surface area contributed by atoms with E-state index in [9.17, 15) is 13.6 Å². The summed E-state index contributed by atoms with van der Waals surface area (Å²) in [5.41, 5.74) is 1.69. The second-order valence-electron chi connectivity index (χ2n) is 6.34. The van der Waals surface area contributed by atoms with E-state index in [4.69, 9.17) is 4.74 Å². The van der Waals surface area contributed by atoms with Crippen molar-refractivity contribution in [2.24, 2.45) is 0 Å². The number of carbonyl (C=O) groups is 1. The fraction of sp³-hybridized carbons (Fsp3) is 0.350. The second-order valence-corrected chi connectivity index (χ2v) is 6.34. The van der Waals surface area contributed by atoms with Gasteiger partial charge in [-0.1, -0.05) is 18.2 Å². The lowest BCUT2D eigenvalue weighted by atomic mass is 10.1. The number of amides is 1. The maximum absolute atomic E-state index is 12.8. The van der Waals surface area contributed by atoms with Gasteiger partial charge in [-0.15, -0.1) is 0 Å². The van der Waals surface area contributed by atoms with Crippen LogP contribution in [-0.2, 0) is 11.3 Å². The summed E-state index contributed by atoms with van der Waals surface area (Å²) in [5.74, 6) is 0.214. The van der Waals surface area contributed by atoms with Crippen LogP contribution in [0.1, 0.15) is 12.5 Å². The van der Waals surface area contributed by atoms with Gasteiger partial charge in [0.2, 0.25) is 0 Å². The van der Waals surface area contributed by atoms with Crippen molar-refractivity contribution < 1.29 is 27.9 Å². The normalized spacial score (nSPS) is 13.1. The molecule has 0 aliphatic rings. The summed E-state index contributed by atoms with van der Waals surface area (Å²) in [7, 11) is 5.06. The van der Waals surface area contributed by atoms with Gasteiger partial charge in [-0.25, -0.2) is 0 Å². The minimum absolute atomic E-state index is 0.0108. The molecule has 1 amide bonds. The first-order valence-corrected chi connectivity index (χ1v) is 8.60. The van der Waals surface area contributed by atoms with Crippen molar-refractivity contribution in [3.63, 3.8) is 0 Å². The average molecular weight is 379 g/mol. The van der Waals surface area contributed by atoms with Crippen LogP contribution in [0.4, 0.5) is 14.5 Å². The van der Waals surface area contributed by atoms with Gasteiger partial charge in [0.25, 0.3) is 5.91 Å². The molecule has 0 aliphatic carbocycles. The maximum Gasteiger partial charge on any atom is 0.387 e. The number of likely N-dealkylation sites (N-methyl/N-ethyl adjacent to an activating group) is 2. The average Bonchev–Trinajstić information content (AvgIpc) is 2.67. The van der Waals surface area contributed by atoms with Crippen LogP contribution in [0.25, 0.3) is 0 Å². The third kappa shape index (κ3) is 5.40. The molecular formula is C20H25F2N2O3+. The van der Waals surface area contributed by atoms with E-state index in [0.717, 1.165) is 16.2 Å². The Balaban J connectivity index is 2.07. The number of hydrogen-bond donors (Lipinski definition) is 1. The third-order valence-corrected chi connectivity index (χ3v) is 4.51. The number of para-hydroxylation sites is 1. The Morgan fingerprint density at radius 3 is 2.41 bits per heavy atom. The van der Waals surface area contributed by atoms with Gasteiger partial charge in [0, 0.05) is 18.3 Å². The highest BCUT2D eigenvalue weighted by Gasteiger charge is 2.26. The number of anilines is 1. The van der Waals surface area contributed by atoms with Crippen LogP contribution < -0.4 is 19.3 Å². The molecule has 2 aromatic carbocycles. The zero-order valence-electron chi connectivity index (χ0n) is 15.9. The Morgan fingerprint density at radius 2 is 1.81 bits per heavy atom. The number of halogens is 2. The van der Waals surface area contributed by atoms with Crippen LogP contribution in [0.3, 0.4) is 0 Å². The summed E-state index contributed by atoms with van der Waals surface area (Å²) < 4.78 is 34.4. The van der Waals surface area contributed by atoms with Gasteiger partial charge in [0.15, 0.2) is 17.5 Å². The van der Waals surface area contributed by atoms with Crippen molar-refractivity contribution >= 4 is 11.6 Å². The fourth-order valence-electron chi connectivity index (χ4n) is 2.77. The molecule has 0 saturated heterocycles. The fourth-order valence-corrected chi connectivity index (χ4v) is 2.77. The Labute approximate surface area is 158 Å². The molecule has 0 fully saturated rings. The Morgan fingerprint density at radius 1 is 1.15 bits per heavy atom. The molecule has 0 saturated carbocycles. The Hall–Kier alpha value is -2.67. The van der Waals surface area contributed by atoms with Crippen molar-refractivity contribution in [3.05, 3.63) is 54.1 Å². The summed E-state index contributed by atoms with van der Waals surface area (Å²) in [5, 5.41) is 0. The molecule has 2 aromatic rings. The highest BCUT2D eigenvalue weighted by Crippen LogP contribution is 2.29. The highest BCUT2D eigenvalue weighted by atomic mass is 19.3. The number of nitrogens with one attached hydrogen (secondary N) is 1. The van der Waals surface area contributed by atoms with Crippen molar-refractivity contribution in [2.75, 3.05) is 26.1 Å². The number of carbonyl (C=O) groups excluding carboxylic acids is 1. The molecule has 0 heterocycles. The van der Waals surface area contributed by atoms with Crippen molar-refractivity contribution in [1.29, 1.82) is 0 Å². The minimum atomic E-state index is -2.91. The van der Waals surface area contributed by atoms with Gasteiger partial charge in [-0.3, -0.25) is 4.79 Å². The first kappa shape index (κ1) is 20.6.